The molecule has 0 radical (unpaired) electrons. The highest BCUT2D eigenvalue weighted by atomic mass is 16.5. The van der Waals surface area contributed by atoms with Crippen molar-refractivity contribution >= 4 is 11.7 Å². The fraction of sp³-hybridized carbons (Fsp3) is 0.368. The SMILES string of the molecule is CCNC(=O)c1ccnc(NCC2COc3cc(OC)ccc3C2)c1. The van der Waals surface area contributed by atoms with E-state index in [0.29, 0.717) is 30.5 Å². The van der Waals surface area contributed by atoms with Gasteiger partial charge in [-0.05, 0) is 37.1 Å². The summed E-state index contributed by atoms with van der Waals surface area (Å²) < 4.78 is 11.1. The van der Waals surface area contributed by atoms with Crippen LogP contribution in [0, 0.1) is 5.92 Å². The monoisotopic (exact) mass is 341 g/mol. The maximum absolute atomic E-state index is 11.9. The molecule has 1 aromatic carbocycles. The molecular formula is C19H23N3O3. The number of aromatic nitrogens is 1. The topological polar surface area (TPSA) is 72.5 Å². The molecule has 0 saturated carbocycles. The first-order chi connectivity index (χ1) is 12.2. The van der Waals surface area contributed by atoms with Crippen molar-refractivity contribution in [1.82, 2.24) is 10.3 Å². The van der Waals surface area contributed by atoms with E-state index in [2.05, 4.69) is 15.6 Å². The van der Waals surface area contributed by atoms with Gasteiger partial charge in [0.2, 0.25) is 0 Å². The van der Waals surface area contributed by atoms with E-state index in [-0.39, 0.29) is 5.91 Å². The summed E-state index contributed by atoms with van der Waals surface area (Å²) >= 11 is 0. The molecule has 1 aromatic heterocycles. The lowest BCUT2D eigenvalue weighted by atomic mass is 9.96. The minimum Gasteiger partial charge on any atom is -0.497 e. The fourth-order valence-electron chi connectivity index (χ4n) is 2.85. The van der Waals surface area contributed by atoms with Gasteiger partial charge in [0.15, 0.2) is 0 Å². The minimum absolute atomic E-state index is 0.0863. The van der Waals surface area contributed by atoms with Crippen LogP contribution in [0.4, 0.5) is 5.82 Å². The number of fused-ring (bicyclic) bond motifs is 1. The number of hydrogen-bond donors (Lipinski definition) is 2. The number of pyridine rings is 1. The third kappa shape index (κ3) is 4.21. The van der Waals surface area contributed by atoms with Crippen LogP contribution < -0.4 is 20.1 Å². The molecule has 25 heavy (non-hydrogen) atoms. The summed E-state index contributed by atoms with van der Waals surface area (Å²) in [6.45, 7) is 3.88. The summed E-state index contributed by atoms with van der Waals surface area (Å²) in [6, 6.07) is 9.41. The second kappa shape index (κ2) is 7.88. The Balaban J connectivity index is 1.59. The number of amides is 1. The van der Waals surface area contributed by atoms with Crippen molar-refractivity contribution in [2.24, 2.45) is 5.92 Å². The van der Waals surface area contributed by atoms with Gasteiger partial charge in [-0.25, -0.2) is 4.98 Å². The summed E-state index contributed by atoms with van der Waals surface area (Å²) in [5.41, 5.74) is 1.79. The molecule has 3 rings (SSSR count). The molecule has 0 saturated heterocycles. The van der Waals surface area contributed by atoms with Crippen LogP contribution >= 0.6 is 0 Å². The van der Waals surface area contributed by atoms with Crippen molar-refractivity contribution in [3.05, 3.63) is 47.7 Å². The summed E-state index contributed by atoms with van der Waals surface area (Å²) in [5.74, 6) is 2.66. The molecular weight excluding hydrogens is 318 g/mol. The van der Waals surface area contributed by atoms with Crippen LogP contribution in [-0.2, 0) is 6.42 Å². The minimum atomic E-state index is -0.0863. The van der Waals surface area contributed by atoms with Crippen molar-refractivity contribution in [1.29, 1.82) is 0 Å². The molecule has 132 valence electrons. The second-order valence-corrected chi connectivity index (χ2v) is 6.02. The van der Waals surface area contributed by atoms with Crippen LogP contribution in [0.2, 0.25) is 0 Å². The number of benzene rings is 1. The molecule has 1 atom stereocenters. The van der Waals surface area contributed by atoms with E-state index >= 15 is 0 Å². The number of ether oxygens (including phenoxy) is 2. The molecule has 6 nitrogen and oxygen atoms in total. The third-order valence-electron chi connectivity index (χ3n) is 4.19. The maximum atomic E-state index is 11.9. The number of methoxy groups -OCH3 is 1. The largest absolute Gasteiger partial charge is 0.497 e. The van der Waals surface area contributed by atoms with Crippen LogP contribution in [0.3, 0.4) is 0 Å². The number of carbonyl (C=O) groups is 1. The molecule has 1 aliphatic heterocycles. The van der Waals surface area contributed by atoms with Crippen molar-refractivity contribution in [2.75, 3.05) is 32.1 Å². The summed E-state index contributed by atoms with van der Waals surface area (Å²) in [6.07, 6.45) is 2.58. The van der Waals surface area contributed by atoms with Gasteiger partial charge in [0.25, 0.3) is 5.91 Å². The van der Waals surface area contributed by atoms with Gasteiger partial charge in [-0.1, -0.05) is 6.07 Å². The van der Waals surface area contributed by atoms with Gasteiger partial charge >= 0.3 is 0 Å². The Hall–Kier alpha value is -2.76. The highest BCUT2D eigenvalue weighted by molar-refractivity contribution is 5.94. The lowest BCUT2D eigenvalue weighted by Gasteiger charge is -2.26. The Morgan fingerprint density at radius 1 is 1.36 bits per heavy atom. The third-order valence-corrected chi connectivity index (χ3v) is 4.19. The van der Waals surface area contributed by atoms with Crippen molar-refractivity contribution in [3.8, 4) is 11.5 Å². The average Bonchev–Trinajstić information content (AvgIpc) is 2.66. The first kappa shape index (κ1) is 17.1. The molecule has 2 aromatic rings. The number of anilines is 1. The van der Waals surface area contributed by atoms with Gasteiger partial charge in [-0.3, -0.25) is 4.79 Å². The molecule has 0 aliphatic carbocycles. The Morgan fingerprint density at radius 2 is 2.24 bits per heavy atom. The molecule has 1 unspecified atom stereocenters. The van der Waals surface area contributed by atoms with Crippen molar-refractivity contribution < 1.29 is 14.3 Å². The van der Waals surface area contributed by atoms with E-state index in [1.807, 2.05) is 25.1 Å². The van der Waals surface area contributed by atoms with E-state index in [9.17, 15) is 4.79 Å². The van der Waals surface area contributed by atoms with Crippen LogP contribution in [0.25, 0.3) is 0 Å². The average molecular weight is 341 g/mol. The lowest BCUT2D eigenvalue weighted by molar-refractivity contribution is 0.0955. The second-order valence-electron chi connectivity index (χ2n) is 6.02. The van der Waals surface area contributed by atoms with E-state index in [4.69, 9.17) is 9.47 Å². The Kier molecular flexibility index (Phi) is 5.38. The maximum Gasteiger partial charge on any atom is 0.251 e. The van der Waals surface area contributed by atoms with Crippen LogP contribution in [0.15, 0.2) is 36.5 Å². The van der Waals surface area contributed by atoms with Crippen LogP contribution in [0.5, 0.6) is 11.5 Å². The molecule has 2 N–H and O–H groups in total. The zero-order valence-electron chi connectivity index (χ0n) is 14.5. The predicted molar refractivity (Wildman–Crippen MR) is 96.4 cm³/mol. The normalized spacial score (nSPS) is 15.7. The number of nitrogens with zero attached hydrogens (tertiary/aromatic N) is 1. The van der Waals surface area contributed by atoms with Crippen LogP contribution in [-0.4, -0.2) is 37.7 Å². The van der Waals surface area contributed by atoms with E-state index < -0.39 is 0 Å². The van der Waals surface area contributed by atoms with Crippen LogP contribution in [0.1, 0.15) is 22.8 Å². The molecule has 2 heterocycles. The Morgan fingerprint density at radius 3 is 3.04 bits per heavy atom. The highest BCUT2D eigenvalue weighted by Crippen LogP contribution is 2.31. The van der Waals surface area contributed by atoms with Gasteiger partial charge in [0, 0.05) is 36.8 Å². The summed E-state index contributed by atoms with van der Waals surface area (Å²) in [4.78, 5) is 16.2. The Bertz CT molecular complexity index is 748. The number of rotatable bonds is 6. The molecule has 1 aliphatic rings. The quantitative estimate of drug-likeness (QED) is 0.845. The fourth-order valence-corrected chi connectivity index (χ4v) is 2.85. The molecule has 0 bridgehead atoms. The smallest absolute Gasteiger partial charge is 0.251 e. The zero-order valence-corrected chi connectivity index (χ0v) is 14.5. The van der Waals surface area contributed by atoms with Crippen molar-refractivity contribution in [2.45, 2.75) is 13.3 Å². The summed E-state index contributed by atoms with van der Waals surface area (Å²) in [7, 11) is 1.65. The first-order valence-electron chi connectivity index (χ1n) is 8.47. The zero-order chi connectivity index (χ0) is 17.6. The standard InChI is InChI=1S/C19H23N3O3/c1-3-20-19(23)15-6-7-21-18(9-15)22-11-13-8-14-4-5-16(24-2)10-17(14)25-12-13/h4-7,9-10,13H,3,8,11-12H2,1-2H3,(H,20,23)(H,21,22). The number of carbonyl (C=O) groups excluding carboxylic acids is 1. The van der Waals surface area contributed by atoms with Gasteiger partial charge in [0.1, 0.15) is 17.3 Å². The van der Waals surface area contributed by atoms with Gasteiger partial charge in [-0.2, -0.15) is 0 Å². The first-order valence-corrected chi connectivity index (χ1v) is 8.47. The lowest BCUT2D eigenvalue weighted by Crippen LogP contribution is -2.27. The molecule has 0 fully saturated rings. The molecule has 6 heteroatoms. The highest BCUT2D eigenvalue weighted by Gasteiger charge is 2.20. The summed E-state index contributed by atoms with van der Waals surface area (Å²) in [5, 5.41) is 6.10. The van der Waals surface area contributed by atoms with Gasteiger partial charge in [-0.15, -0.1) is 0 Å². The van der Waals surface area contributed by atoms with Crippen molar-refractivity contribution in [3.63, 3.8) is 0 Å². The number of nitrogens with one attached hydrogen (secondary N) is 2. The van der Waals surface area contributed by atoms with E-state index in [1.54, 1.807) is 25.4 Å². The predicted octanol–water partition coefficient (Wildman–Crippen LogP) is 2.50. The van der Waals surface area contributed by atoms with Gasteiger partial charge in [0.05, 0.1) is 13.7 Å². The molecule has 1 amide bonds. The molecule has 0 spiro atoms. The Labute approximate surface area is 147 Å². The van der Waals surface area contributed by atoms with E-state index in [0.717, 1.165) is 24.5 Å². The van der Waals surface area contributed by atoms with Gasteiger partial charge < -0.3 is 20.1 Å². The van der Waals surface area contributed by atoms with E-state index in [1.165, 1.54) is 5.56 Å². The number of hydrogen-bond acceptors (Lipinski definition) is 5.